The number of esters is 2. The monoisotopic (exact) mass is 1570 g/mol. The van der Waals surface area contributed by atoms with Crippen LogP contribution in [0.4, 0.5) is 18.0 Å². The first-order valence-corrected chi connectivity index (χ1v) is 45.6. The number of sulfone groups is 2. The maximum atomic E-state index is 13.6. The number of allylic oxidation sites excluding steroid dienone is 4. The molecule has 2 aromatic rings. The van der Waals surface area contributed by atoms with Gasteiger partial charge in [-0.05, 0) is 278 Å². The van der Waals surface area contributed by atoms with E-state index in [1.807, 2.05) is 24.3 Å². The van der Waals surface area contributed by atoms with Crippen molar-refractivity contribution in [1.82, 2.24) is 31.1 Å². The summed E-state index contributed by atoms with van der Waals surface area (Å²) in [7, 11) is -1.60. The highest BCUT2D eigenvalue weighted by Gasteiger charge is 2.73. The fraction of sp³-hybridized carbons (Fsp3) is 0.773. The minimum absolute atomic E-state index is 0.00537. The van der Waals surface area contributed by atoms with Crippen LogP contribution in [0.3, 0.4) is 0 Å². The number of amides is 2. The average molecular weight is 1570 g/mol. The minimum atomic E-state index is -4.93. The van der Waals surface area contributed by atoms with E-state index in [4.69, 9.17) is 14.2 Å². The molecule has 0 aromatic heterocycles. The van der Waals surface area contributed by atoms with E-state index in [0.717, 1.165) is 109 Å². The van der Waals surface area contributed by atoms with Crippen molar-refractivity contribution in [3.63, 3.8) is 0 Å². The van der Waals surface area contributed by atoms with Crippen molar-refractivity contribution in [2.24, 2.45) is 102 Å². The van der Waals surface area contributed by atoms with Crippen LogP contribution in [0.25, 0.3) is 11.1 Å². The molecule has 4 N–H and O–H groups in total. The Kier molecular flexibility index (Phi) is 22.7. The molecule has 10 fully saturated rings. The molecular formula is C88H131F3N6O11S2. The lowest BCUT2D eigenvalue weighted by Gasteiger charge is -2.72. The van der Waals surface area contributed by atoms with Crippen LogP contribution in [0.15, 0.2) is 60.7 Å². The van der Waals surface area contributed by atoms with Crippen LogP contribution in [0.5, 0.6) is 0 Å². The molecule has 110 heavy (non-hydrogen) atoms. The second-order valence-electron chi connectivity index (χ2n) is 39.4. The Balaban J connectivity index is 0.000000193. The van der Waals surface area contributed by atoms with Crippen LogP contribution in [0.2, 0.25) is 0 Å². The smallest absolute Gasteiger partial charge is 0.465 e. The first-order valence-electron chi connectivity index (χ1n) is 41.9. The molecule has 0 spiro atoms. The third-order valence-electron chi connectivity index (χ3n) is 34.5. The number of nitrogens with one attached hydrogen (secondary N) is 4. The van der Waals surface area contributed by atoms with Crippen molar-refractivity contribution in [3.05, 3.63) is 82.9 Å². The maximum Gasteiger partial charge on any atom is 0.471 e. The largest absolute Gasteiger partial charge is 0.471 e. The Bertz CT molecular complexity index is 4070. The van der Waals surface area contributed by atoms with E-state index in [-0.39, 0.29) is 113 Å². The van der Waals surface area contributed by atoms with Gasteiger partial charge in [0.2, 0.25) is 0 Å². The summed E-state index contributed by atoms with van der Waals surface area (Å²) in [6.45, 7) is 34.7. The van der Waals surface area contributed by atoms with Crippen LogP contribution < -0.4 is 21.3 Å². The summed E-state index contributed by atoms with van der Waals surface area (Å²) in [5.74, 6) is 2.15. The van der Waals surface area contributed by atoms with E-state index >= 15 is 0 Å². The fourth-order valence-corrected chi connectivity index (χ4v) is 31.2. The number of fused-ring (bicyclic) bond motifs is 14. The van der Waals surface area contributed by atoms with Crippen LogP contribution in [0.1, 0.15) is 231 Å². The van der Waals surface area contributed by atoms with Gasteiger partial charge in [0, 0.05) is 75.5 Å². The highest BCUT2D eigenvalue weighted by Crippen LogP contribution is 2.79. The number of hydrogen-bond acceptors (Lipinski definition) is 15. The number of nitrogens with zero attached hydrogens (tertiary/aromatic N) is 2. The molecule has 22 heteroatoms. The molecular weight excluding hydrogens is 1440 g/mol. The maximum absolute atomic E-state index is 13.6. The number of rotatable bonds is 16. The average Bonchev–Trinajstić information content (AvgIpc) is 0.988. The van der Waals surface area contributed by atoms with E-state index in [9.17, 15) is 49.2 Å². The van der Waals surface area contributed by atoms with E-state index in [2.05, 4.69) is 144 Å². The third kappa shape index (κ3) is 14.2. The Labute approximate surface area is 655 Å². The van der Waals surface area contributed by atoms with Gasteiger partial charge in [-0.3, -0.25) is 4.79 Å². The summed E-state index contributed by atoms with van der Waals surface area (Å²) in [4.78, 5) is 53.7. The highest BCUT2D eigenvalue weighted by atomic mass is 32.2. The molecule has 0 radical (unpaired) electrons. The number of carbonyl (C=O) groups is 4. The molecule has 2 saturated heterocycles. The van der Waals surface area contributed by atoms with Gasteiger partial charge < -0.3 is 45.3 Å². The van der Waals surface area contributed by atoms with Gasteiger partial charge in [-0.2, -0.15) is 13.2 Å². The number of hydrogen-bond donors (Lipinski definition) is 4. The van der Waals surface area contributed by atoms with Gasteiger partial charge in [0.25, 0.3) is 0 Å². The van der Waals surface area contributed by atoms with Crippen molar-refractivity contribution >= 4 is 54.8 Å². The van der Waals surface area contributed by atoms with Crippen LogP contribution in [-0.4, -0.2) is 177 Å². The summed E-state index contributed by atoms with van der Waals surface area (Å²) in [6.07, 6.45) is 19.1. The normalized spacial score (nSPS) is 39.8. The number of halogens is 3. The topological polar surface area (TPSA) is 219 Å². The number of carbonyl (C=O) groups excluding carboxylic acids is 4. The van der Waals surface area contributed by atoms with Gasteiger partial charge in [-0.15, -0.1) is 0 Å². The Morgan fingerprint density at radius 2 is 0.845 bits per heavy atom. The van der Waals surface area contributed by atoms with E-state index < -0.39 is 37.8 Å². The molecule has 8 saturated carbocycles. The van der Waals surface area contributed by atoms with Gasteiger partial charge >= 0.3 is 30.1 Å². The molecule has 10 aliphatic carbocycles. The molecule has 612 valence electrons. The molecule has 20 atom stereocenters. The van der Waals surface area contributed by atoms with Crippen molar-refractivity contribution < 1.29 is 63.4 Å². The van der Waals surface area contributed by atoms with Crippen molar-refractivity contribution in [2.45, 2.75) is 228 Å². The Morgan fingerprint density at radius 3 is 1.20 bits per heavy atom. The standard InChI is InChI=1S/C44H64F3N3O5S.C44H67N3O6S/c1-28(49-38(52)44(45,46)47)31-14-19-43(48-22-23-50-24-26-56(53,54)27-25-50)21-20-41(5)33(36(31)43)12-13-35-40(4)17-15-32(29-8-10-30(11-9-29)37(51)55-7)39(2,3)34(40)16-18-42(35,41)6;1-29(46-39(49)53-8)32-15-20-44(45-23-24-47-25-27-54(50,51)28-26-47)22-21-42(5)34(37(32)44)13-14-36-41(4)18-16-33(30-9-11-31(12-10-30)38(48)52-7)40(2,3)35(41)17-19-43(36,42)6/h8-11,15,28,31,33-36,48H,12-14,16-27H2,1-7H3,(H,49,52);9-12,16,29,32,34-37,45H,13-15,17-28H2,1-8H3,(H,46,49)/t28?,31-,33+,34-,35+,36+,40-,41+,42+,43-;29?,32-,34+,35-,36+,37+,41-,42+,43+,44-/m00/s1. The highest BCUT2D eigenvalue weighted by molar-refractivity contribution is 7.91. The lowest BCUT2D eigenvalue weighted by Crippen LogP contribution is -2.68. The molecule has 17 nitrogen and oxygen atoms in total. The summed E-state index contributed by atoms with van der Waals surface area (Å²) < 4.78 is 104. The number of alkyl halides is 3. The second kappa shape index (κ2) is 30.0. The summed E-state index contributed by atoms with van der Waals surface area (Å²) in [5, 5.41) is 13.8. The van der Waals surface area contributed by atoms with E-state index in [1.165, 1.54) is 70.1 Å². The molecule has 2 heterocycles. The van der Waals surface area contributed by atoms with Gasteiger partial charge in [0.1, 0.15) is 0 Å². The zero-order valence-corrected chi connectivity index (χ0v) is 70.4. The van der Waals surface area contributed by atoms with Gasteiger partial charge in [0.05, 0.1) is 55.5 Å². The van der Waals surface area contributed by atoms with Gasteiger partial charge in [0.15, 0.2) is 19.7 Å². The van der Waals surface area contributed by atoms with E-state index in [1.54, 1.807) is 6.92 Å². The third-order valence-corrected chi connectivity index (χ3v) is 37.7. The summed E-state index contributed by atoms with van der Waals surface area (Å²) in [6, 6.07) is 15.2. The molecule has 2 unspecified atom stereocenters. The zero-order valence-electron chi connectivity index (χ0n) is 68.8. The number of ether oxygens (including phenoxy) is 3. The first-order chi connectivity index (χ1) is 51.6. The van der Waals surface area contributed by atoms with Crippen LogP contribution in [-0.2, 0) is 38.7 Å². The SMILES string of the molecule is COC(=O)NC(C)[C@@H]1CC[C@]2(NCCN3CCS(=O)(=O)CC3)CC[C@]3(C)[C@H](CC[C@@H]4[C@@]5(C)CC=C(c6ccc(C(=O)OC)cc6)C(C)(C)[C@@H]5CC[C@]43C)[C@@H]12.COC(=O)c1ccc(C2=CC[C@]3(C)[C@H]4CC[C@@H]5[C@H]6[C@H](C(C)NC(=O)C(F)(F)F)CC[C@]6(NCCN6CCS(=O)(=O)CC6)CC[C@@]5(C)[C@]4(C)CC[C@H]3C2(C)C)cc1. The molecule has 0 bridgehead atoms. The number of benzene rings is 2. The summed E-state index contributed by atoms with van der Waals surface area (Å²) >= 11 is 0. The van der Waals surface area contributed by atoms with E-state index in [0.29, 0.717) is 91.2 Å². The Morgan fingerprint density at radius 1 is 0.473 bits per heavy atom. The molecule has 14 rings (SSSR count). The van der Waals surface area contributed by atoms with Crippen molar-refractivity contribution in [2.75, 3.05) is 96.7 Å². The number of alkyl carbamates (subject to hydrolysis) is 1. The van der Waals surface area contributed by atoms with Gasteiger partial charge in [-0.1, -0.05) is 106 Å². The fourth-order valence-electron chi connectivity index (χ4n) is 28.7. The summed E-state index contributed by atoms with van der Waals surface area (Å²) in [5.41, 5.74) is 6.53. The van der Waals surface area contributed by atoms with Gasteiger partial charge in [-0.25, -0.2) is 31.2 Å². The predicted octanol–water partition coefficient (Wildman–Crippen LogP) is 15.1. The minimum Gasteiger partial charge on any atom is -0.465 e. The molecule has 12 aliphatic rings. The van der Waals surface area contributed by atoms with Crippen molar-refractivity contribution in [1.29, 1.82) is 0 Å². The van der Waals surface area contributed by atoms with Crippen LogP contribution in [0, 0.1) is 102 Å². The zero-order chi connectivity index (χ0) is 79.6. The van der Waals surface area contributed by atoms with Crippen molar-refractivity contribution in [3.8, 4) is 0 Å². The second-order valence-corrected chi connectivity index (χ2v) is 44.0. The lowest BCUT2D eigenvalue weighted by atomic mass is 9.33. The quantitative estimate of drug-likeness (QED) is 0.0907. The Hall–Kier alpha value is -4.87. The molecule has 2 aliphatic heterocycles. The predicted molar refractivity (Wildman–Crippen MR) is 426 cm³/mol. The number of methoxy groups -OCH3 is 3. The first kappa shape index (κ1) is 83.1. The van der Waals surface area contributed by atoms with Crippen LogP contribution >= 0.6 is 0 Å². The lowest BCUT2D eigenvalue weighted by molar-refractivity contribution is -0.221. The molecule has 2 amide bonds. The molecule has 2 aromatic carbocycles.